The Labute approximate surface area is 209 Å². The minimum atomic E-state index is -5.08. The molecule has 2 aromatic carbocycles. The maximum Gasteiger partial charge on any atom is 0.490 e. The Morgan fingerprint density at radius 2 is 1.49 bits per heavy atom. The molecule has 1 saturated carbocycles. The van der Waals surface area contributed by atoms with Crippen LogP contribution in [0.25, 0.3) is 11.1 Å². The van der Waals surface area contributed by atoms with Gasteiger partial charge in [-0.05, 0) is 48.1 Å². The molecule has 4 N–H and O–H groups in total. The third kappa shape index (κ3) is 7.72. The van der Waals surface area contributed by atoms with Gasteiger partial charge < -0.3 is 21.1 Å². The van der Waals surface area contributed by atoms with Crippen molar-refractivity contribution in [1.82, 2.24) is 10.2 Å². The molecule has 7 nitrogen and oxygen atoms in total. The summed E-state index contributed by atoms with van der Waals surface area (Å²) in [7, 11) is 0. The zero-order chi connectivity index (χ0) is 27.3. The Bertz CT molecular complexity index is 1100. The molecule has 200 valence electrons. The maximum absolute atomic E-state index is 13.6. The molecule has 4 rings (SSSR count). The molecule has 0 aromatic heterocycles. The molecule has 2 fully saturated rings. The van der Waals surface area contributed by atoms with Gasteiger partial charge in [0.25, 0.3) is 0 Å². The van der Waals surface area contributed by atoms with Crippen molar-refractivity contribution in [2.75, 3.05) is 13.1 Å². The molecular weight excluding hydrogens is 501 g/mol. The van der Waals surface area contributed by atoms with Gasteiger partial charge in [0, 0.05) is 12.6 Å². The van der Waals surface area contributed by atoms with Crippen LogP contribution < -0.4 is 11.1 Å². The minimum Gasteiger partial charge on any atom is -0.475 e. The molecule has 1 heterocycles. The molecule has 1 aliphatic heterocycles. The van der Waals surface area contributed by atoms with E-state index in [4.69, 9.17) is 15.6 Å². The average molecular weight is 527 g/mol. The van der Waals surface area contributed by atoms with Gasteiger partial charge in [-0.2, -0.15) is 13.2 Å². The first-order valence-electron chi connectivity index (χ1n) is 11.5. The monoisotopic (exact) mass is 527 g/mol. The number of carboxylic acids is 1. The predicted octanol–water partition coefficient (Wildman–Crippen LogP) is 3.39. The first-order chi connectivity index (χ1) is 17.4. The number of carbonyl (C=O) groups is 3. The van der Waals surface area contributed by atoms with Gasteiger partial charge in [0.15, 0.2) is 0 Å². The number of hydrogen-bond acceptors (Lipinski definition) is 4. The third-order valence-corrected chi connectivity index (χ3v) is 5.98. The number of benzene rings is 2. The van der Waals surface area contributed by atoms with Crippen molar-refractivity contribution in [3.8, 4) is 11.1 Å². The van der Waals surface area contributed by atoms with E-state index in [0.29, 0.717) is 18.5 Å². The first-order valence-corrected chi connectivity index (χ1v) is 11.5. The lowest BCUT2D eigenvalue weighted by molar-refractivity contribution is -0.192. The number of amides is 2. The molecular formula is C25H26F5N3O4. The van der Waals surface area contributed by atoms with E-state index in [9.17, 15) is 31.5 Å². The average Bonchev–Trinajstić information content (AvgIpc) is 3.55. The summed E-state index contributed by atoms with van der Waals surface area (Å²) in [4.78, 5) is 36.1. The largest absolute Gasteiger partial charge is 0.490 e. The number of halogens is 5. The highest BCUT2D eigenvalue weighted by Crippen LogP contribution is 2.28. The summed E-state index contributed by atoms with van der Waals surface area (Å²) in [6, 6.07) is 12.4. The highest BCUT2D eigenvalue weighted by molar-refractivity contribution is 5.94. The Balaban J connectivity index is 0.000000479. The van der Waals surface area contributed by atoms with Crippen LogP contribution in [0.4, 0.5) is 22.0 Å². The summed E-state index contributed by atoms with van der Waals surface area (Å²) in [6.45, 7) is 0.334. The van der Waals surface area contributed by atoms with Gasteiger partial charge in [-0.3, -0.25) is 9.59 Å². The molecule has 0 bridgehead atoms. The van der Waals surface area contributed by atoms with Gasteiger partial charge in [-0.15, -0.1) is 0 Å². The molecule has 12 heteroatoms. The Morgan fingerprint density at radius 3 is 1.92 bits per heavy atom. The lowest BCUT2D eigenvalue weighted by atomic mass is 9.89. The first kappa shape index (κ1) is 28.0. The number of hydrogen-bond donors (Lipinski definition) is 3. The van der Waals surface area contributed by atoms with Gasteiger partial charge in [-0.1, -0.05) is 36.4 Å². The second-order valence-corrected chi connectivity index (χ2v) is 8.89. The number of likely N-dealkylation sites (tertiary alicyclic amines) is 1. The van der Waals surface area contributed by atoms with Crippen LogP contribution in [0.1, 0.15) is 30.7 Å². The summed E-state index contributed by atoms with van der Waals surface area (Å²) in [5.41, 5.74) is 8.59. The number of carboxylic acid groups (broad SMARTS) is 1. The van der Waals surface area contributed by atoms with E-state index in [1.165, 1.54) is 17.0 Å². The van der Waals surface area contributed by atoms with Crippen LogP contribution >= 0.6 is 0 Å². The van der Waals surface area contributed by atoms with Crippen molar-refractivity contribution in [1.29, 1.82) is 0 Å². The van der Waals surface area contributed by atoms with Crippen molar-refractivity contribution < 1.29 is 41.4 Å². The number of rotatable bonds is 6. The van der Waals surface area contributed by atoms with Crippen LogP contribution in [0.15, 0.2) is 48.5 Å². The fourth-order valence-corrected chi connectivity index (χ4v) is 3.84. The van der Waals surface area contributed by atoms with E-state index in [2.05, 4.69) is 5.32 Å². The number of nitrogens with two attached hydrogens (primary N) is 1. The molecule has 0 spiro atoms. The summed E-state index contributed by atoms with van der Waals surface area (Å²) >= 11 is 0. The molecule has 1 aliphatic carbocycles. The highest BCUT2D eigenvalue weighted by Gasteiger charge is 2.39. The van der Waals surface area contributed by atoms with Gasteiger partial charge in [0.1, 0.15) is 18.0 Å². The number of nitrogens with zero attached hydrogens (tertiary/aromatic N) is 1. The zero-order valence-electron chi connectivity index (χ0n) is 19.6. The molecule has 37 heavy (non-hydrogen) atoms. The Hall–Kier alpha value is -3.54. The van der Waals surface area contributed by atoms with Gasteiger partial charge in [0.05, 0.1) is 12.5 Å². The Morgan fingerprint density at radius 1 is 0.973 bits per heavy atom. The highest BCUT2D eigenvalue weighted by atomic mass is 19.4. The summed E-state index contributed by atoms with van der Waals surface area (Å²) in [6.07, 6.45) is -4.00. The summed E-state index contributed by atoms with van der Waals surface area (Å²) in [5.74, 6) is -4.63. The molecule has 1 saturated heterocycles. The number of carbonyl (C=O) groups excluding carboxylic acids is 2. The SMILES string of the molecule is N[C@H](C(=O)N1CC[C@H](F)C1)[C@@H](C(=O)NC1CC1)c1ccc(-c2ccc(F)cc2)cc1.O=C(O)C(F)(F)F. The van der Waals surface area contributed by atoms with Crippen LogP contribution in [0, 0.1) is 5.82 Å². The van der Waals surface area contributed by atoms with Crippen LogP contribution in [0.2, 0.25) is 0 Å². The summed E-state index contributed by atoms with van der Waals surface area (Å²) in [5, 5.41) is 10.1. The van der Waals surface area contributed by atoms with Crippen LogP contribution in [0.5, 0.6) is 0 Å². The van der Waals surface area contributed by atoms with E-state index >= 15 is 0 Å². The van der Waals surface area contributed by atoms with Crippen LogP contribution in [-0.2, 0) is 14.4 Å². The topological polar surface area (TPSA) is 113 Å². The van der Waals surface area contributed by atoms with Crippen molar-refractivity contribution >= 4 is 17.8 Å². The van der Waals surface area contributed by atoms with Crippen LogP contribution in [-0.4, -0.2) is 65.3 Å². The van der Waals surface area contributed by atoms with Gasteiger partial charge in [-0.25, -0.2) is 13.6 Å². The normalized spacial score (nSPS) is 18.9. The van der Waals surface area contributed by atoms with Crippen molar-refractivity contribution in [2.24, 2.45) is 5.73 Å². The zero-order valence-corrected chi connectivity index (χ0v) is 19.6. The van der Waals surface area contributed by atoms with Gasteiger partial charge >= 0.3 is 12.1 Å². The molecule has 2 aliphatic rings. The van der Waals surface area contributed by atoms with E-state index in [1.807, 2.05) is 12.1 Å². The fourth-order valence-electron chi connectivity index (χ4n) is 3.84. The smallest absolute Gasteiger partial charge is 0.475 e. The number of nitrogens with one attached hydrogen (secondary N) is 1. The van der Waals surface area contributed by atoms with Gasteiger partial charge in [0.2, 0.25) is 11.8 Å². The fraction of sp³-hybridized carbons (Fsp3) is 0.400. The molecule has 0 radical (unpaired) electrons. The standard InChI is InChI=1S/C23H25F2N3O2.C2HF3O2/c24-17-7-5-15(6-8-17)14-1-3-16(4-2-14)20(22(29)27-19-9-10-19)21(26)23(30)28-12-11-18(25)13-28;3-2(4,5)1(6)7/h1-8,18-21H,9-13,26H2,(H,27,29);(H,6,7)/t18-,20-,21-;/m0./s1. The second kappa shape index (κ2) is 11.7. The summed E-state index contributed by atoms with van der Waals surface area (Å²) < 4.78 is 58.5. The third-order valence-electron chi connectivity index (χ3n) is 5.98. The molecule has 3 atom stereocenters. The maximum atomic E-state index is 13.6. The predicted molar refractivity (Wildman–Crippen MR) is 124 cm³/mol. The van der Waals surface area contributed by atoms with E-state index in [1.54, 1.807) is 24.3 Å². The molecule has 2 aromatic rings. The minimum absolute atomic E-state index is 0.0208. The van der Waals surface area contributed by atoms with Crippen LogP contribution in [0.3, 0.4) is 0 Å². The lowest BCUT2D eigenvalue weighted by Gasteiger charge is -2.27. The van der Waals surface area contributed by atoms with Crippen molar-refractivity contribution in [2.45, 2.75) is 49.6 Å². The lowest BCUT2D eigenvalue weighted by Crippen LogP contribution is -2.50. The van der Waals surface area contributed by atoms with Crippen molar-refractivity contribution in [3.63, 3.8) is 0 Å². The number of aliphatic carboxylic acids is 1. The molecule has 0 unspecified atom stereocenters. The quantitative estimate of drug-likeness (QED) is 0.499. The number of alkyl halides is 4. The van der Waals surface area contributed by atoms with E-state index < -0.39 is 36.2 Å². The Kier molecular flexibility index (Phi) is 8.85. The molecule has 2 amide bonds. The second-order valence-electron chi connectivity index (χ2n) is 8.89. The van der Waals surface area contributed by atoms with Crippen molar-refractivity contribution in [3.05, 3.63) is 59.9 Å². The van der Waals surface area contributed by atoms with E-state index in [-0.39, 0.29) is 24.3 Å². The van der Waals surface area contributed by atoms with E-state index in [0.717, 1.165) is 24.0 Å².